The van der Waals surface area contributed by atoms with Crippen LogP contribution in [0.1, 0.15) is 23.8 Å². The van der Waals surface area contributed by atoms with Crippen molar-refractivity contribution in [2.75, 3.05) is 25.9 Å². The highest BCUT2D eigenvalue weighted by Crippen LogP contribution is 2.22. The molecule has 100 valence electrons. The molecule has 2 unspecified atom stereocenters. The van der Waals surface area contributed by atoms with E-state index in [0.717, 1.165) is 13.0 Å². The van der Waals surface area contributed by atoms with Crippen molar-refractivity contribution in [3.05, 3.63) is 11.9 Å². The molecule has 0 spiro atoms. The van der Waals surface area contributed by atoms with Crippen LogP contribution in [0.15, 0.2) is 6.20 Å². The molecule has 6 heteroatoms. The molecule has 6 nitrogen and oxygen atoms in total. The van der Waals surface area contributed by atoms with E-state index in [1.165, 1.54) is 10.9 Å². The van der Waals surface area contributed by atoms with Gasteiger partial charge in [0, 0.05) is 27.2 Å². The first kappa shape index (κ1) is 12.9. The van der Waals surface area contributed by atoms with Crippen LogP contribution in [-0.2, 0) is 11.8 Å². The van der Waals surface area contributed by atoms with Crippen molar-refractivity contribution in [1.29, 1.82) is 0 Å². The average Bonchev–Trinajstić information content (AvgIpc) is 2.69. The predicted octanol–water partition coefficient (Wildman–Crippen LogP) is 0.499. The quantitative estimate of drug-likeness (QED) is 0.831. The normalized spacial score (nSPS) is 24.3. The number of nitrogens with zero attached hydrogens (tertiary/aromatic N) is 3. The van der Waals surface area contributed by atoms with E-state index in [1.54, 1.807) is 19.1 Å². The molecule has 1 fully saturated rings. The maximum atomic E-state index is 12.4. The van der Waals surface area contributed by atoms with Crippen LogP contribution in [-0.4, -0.2) is 46.9 Å². The molecule has 0 aromatic carbocycles. The molecule has 1 aromatic rings. The van der Waals surface area contributed by atoms with E-state index in [9.17, 15) is 4.79 Å². The van der Waals surface area contributed by atoms with Crippen LogP contribution in [0.25, 0.3) is 0 Å². The molecule has 1 amide bonds. The molecule has 2 N–H and O–H groups in total. The molecule has 2 rings (SSSR count). The zero-order valence-corrected chi connectivity index (χ0v) is 11.1. The van der Waals surface area contributed by atoms with E-state index in [4.69, 9.17) is 10.5 Å². The summed E-state index contributed by atoms with van der Waals surface area (Å²) in [4.78, 5) is 14.2. The summed E-state index contributed by atoms with van der Waals surface area (Å²) in [7, 11) is 3.41. The highest BCUT2D eigenvalue weighted by atomic mass is 16.5. The number of nitrogen functional groups attached to an aromatic ring is 1. The smallest absolute Gasteiger partial charge is 0.274 e. The lowest BCUT2D eigenvalue weighted by molar-refractivity contribution is -0.00190. The van der Waals surface area contributed by atoms with Crippen molar-refractivity contribution in [3.63, 3.8) is 0 Å². The third kappa shape index (κ3) is 2.20. The number of carbonyl (C=O) groups excluding carboxylic acids is 1. The zero-order valence-electron chi connectivity index (χ0n) is 11.1. The summed E-state index contributed by atoms with van der Waals surface area (Å²) in [6.45, 7) is 3.50. The molecule has 18 heavy (non-hydrogen) atoms. The summed E-state index contributed by atoms with van der Waals surface area (Å²) >= 11 is 0. The molecule has 0 radical (unpaired) electrons. The third-order valence-electron chi connectivity index (χ3n) is 3.65. The third-order valence-corrected chi connectivity index (χ3v) is 3.65. The van der Waals surface area contributed by atoms with Gasteiger partial charge in [0.1, 0.15) is 5.69 Å². The van der Waals surface area contributed by atoms with Crippen molar-refractivity contribution in [2.24, 2.45) is 13.0 Å². The van der Waals surface area contributed by atoms with Gasteiger partial charge in [0.2, 0.25) is 0 Å². The number of carbonyl (C=O) groups is 1. The number of rotatable bonds is 2. The van der Waals surface area contributed by atoms with Crippen molar-refractivity contribution >= 4 is 11.6 Å². The Kier molecular flexibility index (Phi) is 3.56. The molecule has 1 aliphatic heterocycles. The Morgan fingerprint density at radius 3 is 2.89 bits per heavy atom. The van der Waals surface area contributed by atoms with Gasteiger partial charge in [-0.25, -0.2) is 0 Å². The second-order valence-electron chi connectivity index (χ2n) is 4.86. The van der Waals surface area contributed by atoms with E-state index in [-0.39, 0.29) is 12.0 Å². The van der Waals surface area contributed by atoms with Crippen molar-refractivity contribution in [1.82, 2.24) is 14.7 Å². The molecule has 0 saturated carbocycles. The lowest BCUT2D eigenvalue weighted by Gasteiger charge is -2.36. The summed E-state index contributed by atoms with van der Waals surface area (Å²) in [6.07, 6.45) is 2.55. The first-order valence-corrected chi connectivity index (χ1v) is 6.14. The number of ether oxygens (including phenoxy) is 1. The average molecular weight is 252 g/mol. The minimum Gasteiger partial charge on any atom is -0.396 e. The fraction of sp³-hybridized carbons (Fsp3) is 0.667. The number of methoxy groups -OCH3 is 1. The number of nitrogens with two attached hydrogens (primary N) is 1. The summed E-state index contributed by atoms with van der Waals surface area (Å²) < 4.78 is 6.94. The fourth-order valence-electron chi connectivity index (χ4n) is 2.39. The molecular formula is C12H20N4O2. The standard InChI is InChI=1S/C12H20N4O2/c1-8-4-5-16(7-10(8)18-3)12(17)11-9(13)6-14-15(11)2/h6,8,10H,4-5,7,13H2,1-3H3. The second kappa shape index (κ2) is 4.97. The molecule has 1 aliphatic rings. The van der Waals surface area contributed by atoms with Crippen molar-refractivity contribution < 1.29 is 9.53 Å². The maximum Gasteiger partial charge on any atom is 0.274 e. The number of amides is 1. The Hall–Kier alpha value is -1.56. The molecule has 1 saturated heterocycles. The molecule has 0 aliphatic carbocycles. The highest BCUT2D eigenvalue weighted by Gasteiger charge is 2.31. The number of aromatic nitrogens is 2. The van der Waals surface area contributed by atoms with Gasteiger partial charge in [0.05, 0.1) is 18.0 Å². The number of anilines is 1. The van der Waals surface area contributed by atoms with Gasteiger partial charge in [-0.3, -0.25) is 9.48 Å². The van der Waals surface area contributed by atoms with Crippen LogP contribution >= 0.6 is 0 Å². The van der Waals surface area contributed by atoms with Gasteiger partial charge < -0.3 is 15.4 Å². The minimum absolute atomic E-state index is 0.0681. The molecule has 1 aromatic heterocycles. The van der Waals surface area contributed by atoms with Gasteiger partial charge in [0.15, 0.2) is 0 Å². The first-order valence-electron chi connectivity index (χ1n) is 6.14. The summed E-state index contributed by atoms with van der Waals surface area (Å²) in [5, 5.41) is 4.00. The second-order valence-corrected chi connectivity index (χ2v) is 4.86. The minimum atomic E-state index is -0.0681. The van der Waals surface area contributed by atoms with Gasteiger partial charge in [-0.2, -0.15) is 5.10 Å². The summed E-state index contributed by atoms with van der Waals surface area (Å²) in [5.41, 5.74) is 6.67. The Balaban J connectivity index is 2.15. The Bertz CT molecular complexity index is 424. The number of aryl methyl sites for hydroxylation is 1. The van der Waals surface area contributed by atoms with Crippen LogP contribution in [0.4, 0.5) is 5.69 Å². The van der Waals surface area contributed by atoms with Gasteiger partial charge in [-0.15, -0.1) is 0 Å². The number of hydrogen-bond donors (Lipinski definition) is 1. The number of piperidine rings is 1. The fourth-order valence-corrected chi connectivity index (χ4v) is 2.39. The lowest BCUT2D eigenvalue weighted by Crippen LogP contribution is -2.47. The van der Waals surface area contributed by atoms with Gasteiger partial charge in [0.25, 0.3) is 5.91 Å². The largest absolute Gasteiger partial charge is 0.396 e. The van der Waals surface area contributed by atoms with E-state index >= 15 is 0 Å². The first-order chi connectivity index (χ1) is 8.54. The lowest BCUT2D eigenvalue weighted by atomic mass is 9.95. The molecule has 2 heterocycles. The van der Waals surface area contributed by atoms with Crippen molar-refractivity contribution in [3.8, 4) is 0 Å². The monoisotopic (exact) mass is 252 g/mol. The van der Waals surface area contributed by atoms with Gasteiger partial charge >= 0.3 is 0 Å². The molecular weight excluding hydrogens is 232 g/mol. The highest BCUT2D eigenvalue weighted by molar-refractivity contribution is 5.97. The topological polar surface area (TPSA) is 73.4 Å². The molecule has 2 atom stereocenters. The number of hydrogen-bond acceptors (Lipinski definition) is 4. The zero-order chi connectivity index (χ0) is 13.3. The molecule has 0 bridgehead atoms. The van der Waals surface area contributed by atoms with Gasteiger partial charge in [-0.1, -0.05) is 6.92 Å². The van der Waals surface area contributed by atoms with Gasteiger partial charge in [-0.05, 0) is 12.3 Å². The number of likely N-dealkylation sites (tertiary alicyclic amines) is 1. The SMILES string of the molecule is COC1CN(C(=O)c2c(N)cnn2C)CCC1C. The van der Waals surface area contributed by atoms with Crippen LogP contribution < -0.4 is 5.73 Å². The van der Waals surface area contributed by atoms with E-state index in [2.05, 4.69) is 12.0 Å². The van der Waals surface area contributed by atoms with E-state index in [0.29, 0.717) is 23.8 Å². The summed E-state index contributed by atoms with van der Waals surface area (Å²) in [5.74, 6) is 0.407. The Morgan fingerprint density at radius 1 is 1.61 bits per heavy atom. The van der Waals surface area contributed by atoms with E-state index in [1.807, 2.05) is 0 Å². The summed E-state index contributed by atoms with van der Waals surface area (Å²) in [6, 6.07) is 0. The van der Waals surface area contributed by atoms with Crippen LogP contribution in [0, 0.1) is 5.92 Å². The van der Waals surface area contributed by atoms with Crippen LogP contribution in [0.3, 0.4) is 0 Å². The maximum absolute atomic E-state index is 12.4. The van der Waals surface area contributed by atoms with Crippen molar-refractivity contribution in [2.45, 2.75) is 19.4 Å². The predicted molar refractivity (Wildman–Crippen MR) is 68.1 cm³/mol. The van der Waals surface area contributed by atoms with E-state index < -0.39 is 0 Å². The Labute approximate surface area is 107 Å². The Morgan fingerprint density at radius 2 is 2.33 bits per heavy atom. The van der Waals surface area contributed by atoms with Crippen LogP contribution in [0.5, 0.6) is 0 Å². The van der Waals surface area contributed by atoms with Crippen LogP contribution in [0.2, 0.25) is 0 Å².